The van der Waals surface area contributed by atoms with Crippen LogP contribution in [0.5, 0.6) is 0 Å². The van der Waals surface area contributed by atoms with Crippen molar-refractivity contribution in [3.05, 3.63) is 17.3 Å². The minimum absolute atomic E-state index is 0.189. The van der Waals surface area contributed by atoms with Crippen molar-refractivity contribution in [2.45, 2.75) is 26.8 Å². The van der Waals surface area contributed by atoms with E-state index in [1.165, 1.54) is 0 Å². The Balaban J connectivity index is 1.49. The number of hydrogen-bond donors (Lipinski definition) is 1. The summed E-state index contributed by atoms with van der Waals surface area (Å²) < 4.78 is 5.63. The van der Waals surface area contributed by atoms with E-state index in [1.54, 1.807) is 0 Å². The van der Waals surface area contributed by atoms with Crippen molar-refractivity contribution in [2.24, 2.45) is 5.92 Å². The number of piperazine rings is 1. The molecule has 1 aromatic heterocycles. The minimum Gasteiger partial charge on any atom is -0.444 e. The van der Waals surface area contributed by atoms with Gasteiger partial charge in [0.2, 0.25) is 11.8 Å². The molecule has 0 spiro atoms. The number of nitrogens with zero attached hydrogens (tertiary/aromatic N) is 3. The van der Waals surface area contributed by atoms with Gasteiger partial charge in [-0.1, -0.05) is 0 Å². The van der Waals surface area contributed by atoms with Crippen molar-refractivity contribution in [3.8, 4) is 0 Å². The van der Waals surface area contributed by atoms with Gasteiger partial charge < -0.3 is 14.6 Å². The number of oxazole rings is 1. The third kappa shape index (κ3) is 3.27. The molecule has 0 unspecified atom stereocenters. The van der Waals surface area contributed by atoms with Crippen LogP contribution in [0.1, 0.15) is 23.8 Å². The molecule has 2 fully saturated rings. The molecular formula is C15H24N4O2. The van der Waals surface area contributed by atoms with Crippen molar-refractivity contribution >= 4 is 5.91 Å². The first kappa shape index (κ1) is 14.5. The summed E-state index contributed by atoms with van der Waals surface area (Å²) in [4.78, 5) is 21.1. The summed E-state index contributed by atoms with van der Waals surface area (Å²) >= 11 is 0. The first-order valence-electron chi connectivity index (χ1n) is 7.78. The fraction of sp³-hybridized carbons (Fsp3) is 0.733. The second-order valence-corrected chi connectivity index (χ2v) is 6.04. The second kappa shape index (κ2) is 6.15. The highest BCUT2D eigenvalue weighted by Gasteiger charge is 2.29. The Morgan fingerprint density at radius 2 is 2.10 bits per heavy atom. The molecule has 1 aromatic rings. The van der Waals surface area contributed by atoms with E-state index < -0.39 is 0 Å². The van der Waals surface area contributed by atoms with E-state index >= 15 is 0 Å². The molecule has 0 aromatic carbocycles. The Morgan fingerprint density at radius 3 is 2.67 bits per heavy atom. The van der Waals surface area contributed by atoms with Gasteiger partial charge in [-0.3, -0.25) is 9.69 Å². The molecule has 3 heterocycles. The first-order chi connectivity index (χ1) is 10.1. The van der Waals surface area contributed by atoms with Crippen molar-refractivity contribution in [2.75, 3.05) is 39.3 Å². The van der Waals surface area contributed by atoms with E-state index in [4.69, 9.17) is 4.42 Å². The Labute approximate surface area is 125 Å². The van der Waals surface area contributed by atoms with E-state index in [-0.39, 0.29) is 5.92 Å². The lowest BCUT2D eigenvalue weighted by Crippen LogP contribution is -2.50. The van der Waals surface area contributed by atoms with Gasteiger partial charge in [0, 0.05) is 32.7 Å². The first-order valence-corrected chi connectivity index (χ1v) is 7.78. The summed E-state index contributed by atoms with van der Waals surface area (Å²) in [6, 6.07) is 0. The molecule has 2 aliphatic heterocycles. The number of aromatic nitrogens is 1. The van der Waals surface area contributed by atoms with Crippen molar-refractivity contribution < 1.29 is 9.21 Å². The maximum Gasteiger partial charge on any atom is 0.227 e. The third-order valence-electron chi connectivity index (χ3n) is 4.53. The molecule has 2 aliphatic rings. The lowest BCUT2D eigenvalue weighted by atomic mass is 10.1. The third-order valence-corrected chi connectivity index (χ3v) is 4.53. The van der Waals surface area contributed by atoms with Crippen LogP contribution in [0.15, 0.2) is 4.42 Å². The van der Waals surface area contributed by atoms with Gasteiger partial charge in [0.05, 0.1) is 18.2 Å². The van der Waals surface area contributed by atoms with Gasteiger partial charge in [0.1, 0.15) is 5.76 Å². The summed E-state index contributed by atoms with van der Waals surface area (Å²) in [6.07, 6.45) is 0.980. The fourth-order valence-electron chi connectivity index (χ4n) is 3.05. The Hall–Kier alpha value is -1.40. The maximum absolute atomic E-state index is 12.3. The highest BCUT2D eigenvalue weighted by Crippen LogP contribution is 2.15. The number of carbonyl (C=O) groups is 1. The number of hydrogen-bond acceptors (Lipinski definition) is 5. The SMILES string of the molecule is Cc1nc(CN2CCN(C(=O)[C@@H]3CCNC3)CC2)oc1C. The zero-order chi connectivity index (χ0) is 14.8. The quantitative estimate of drug-likeness (QED) is 0.881. The zero-order valence-corrected chi connectivity index (χ0v) is 12.9. The van der Waals surface area contributed by atoms with E-state index in [1.807, 2.05) is 18.7 Å². The molecule has 2 saturated heterocycles. The number of amides is 1. The molecule has 0 aliphatic carbocycles. The van der Waals surface area contributed by atoms with Crippen LogP contribution in [0.25, 0.3) is 0 Å². The zero-order valence-electron chi connectivity index (χ0n) is 12.9. The molecule has 6 heteroatoms. The van der Waals surface area contributed by atoms with E-state index in [0.717, 1.165) is 69.6 Å². The molecule has 6 nitrogen and oxygen atoms in total. The lowest BCUT2D eigenvalue weighted by molar-refractivity contribution is -0.136. The molecule has 0 radical (unpaired) electrons. The monoisotopic (exact) mass is 292 g/mol. The molecule has 0 bridgehead atoms. The summed E-state index contributed by atoms with van der Waals surface area (Å²) in [5.41, 5.74) is 0.965. The van der Waals surface area contributed by atoms with Gasteiger partial charge in [-0.05, 0) is 26.8 Å². The summed E-state index contributed by atoms with van der Waals surface area (Å²) in [5.74, 6) is 2.19. The van der Waals surface area contributed by atoms with Crippen molar-refractivity contribution in [1.29, 1.82) is 0 Å². The van der Waals surface area contributed by atoms with Crippen molar-refractivity contribution in [1.82, 2.24) is 20.1 Å². The number of rotatable bonds is 3. The van der Waals surface area contributed by atoms with Crippen LogP contribution < -0.4 is 5.32 Å². The van der Waals surface area contributed by atoms with Gasteiger partial charge in [-0.25, -0.2) is 4.98 Å². The standard InChI is InChI=1S/C15H24N4O2/c1-11-12(2)21-14(17-11)10-18-5-7-19(8-6-18)15(20)13-3-4-16-9-13/h13,16H,3-10H2,1-2H3/t13-/m1/s1. The molecular weight excluding hydrogens is 268 g/mol. The molecule has 1 amide bonds. The second-order valence-electron chi connectivity index (χ2n) is 6.04. The molecule has 3 rings (SSSR count). The number of aryl methyl sites for hydroxylation is 2. The van der Waals surface area contributed by atoms with E-state index in [9.17, 15) is 4.79 Å². The van der Waals surface area contributed by atoms with Crippen LogP contribution in [-0.4, -0.2) is 60.0 Å². The van der Waals surface area contributed by atoms with Crippen LogP contribution in [0.2, 0.25) is 0 Å². The average molecular weight is 292 g/mol. The van der Waals surface area contributed by atoms with Gasteiger partial charge in [-0.2, -0.15) is 0 Å². The van der Waals surface area contributed by atoms with Crippen LogP contribution in [0, 0.1) is 19.8 Å². The largest absolute Gasteiger partial charge is 0.444 e. The van der Waals surface area contributed by atoms with Gasteiger partial charge in [-0.15, -0.1) is 0 Å². The average Bonchev–Trinajstić information content (AvgIpc) is 3.10. The smallest absolute Gasteiger partial charge is 0.227 e. The maximum atomic E-state index is 12.3. The lowest BCUT2D eigenvalue weighted by Gasteiger charge is -2.35. The molecule has 0 saturated carbocycles. The van der Waals surface area contributed by atoms with Crippen LogP contribution in [-0.2, 0) is 11.3 Å². The predicted octanol–water partition coefficient (Wildman–Crippen LogP) is 0.545. The van der Waals surface area contributed by atoms with Gasteiger partial charge >= 0.3 is 0 Å². The minimum atomic E-state index is 0.189. The summed E-state index contributed by atoms with van der Waals surface area (Å²) in [7, 11) is 0. The normalized spacial score (nSPS) is 23.7. The van der Waals surface area contributed by atoms with Crippen molar-refractivity contribution in [3.63, 3.8) is 0 Å². The van der Waals surface area contributed by atoms with Gasteiger partial charge in [0.25, 0.3) is 0 Å². The Bertz CT molecular complexity index is 480. The van der Waals surface area contributed by atoms with Crippen LogP contribution in [0.3, 0.4) is 0 Å². The summed E-state index contributed by atoms with van der Waals surface area (Å²) in [6.45, 7) is 9.88. The highest BCUT2D eigenvalue weighted by molar-refractivity contribution is 5.79. The van der Waals surface area contributed by atoms with E-state index in [2.05, 4.69) is 15.2 Å². The van der Waals surface area contributed by atoms with Crippen LogP contribution >= 0.6 is 0 Å². The van der Waals surface area contributed by atoms with E-state index in [0.29, 0.717) is 5.91 Å². The molecule has 116 valence electrons. The molecule has 1 atom stereocenters. The number of carbonyl (C=O) groups excluding carboxylic acids is 1. The topological polar surface area (TPSA) is 61.6 Å². The van der Waals surface area contributed by atoms with Gasteiger partial charge in [0.15, 0.2) is 0 Å². The Kier molecular flexibility index (Phi) is 4.26. The molecule has 21 heavy (non-hydrogen) atoms. The molecule has 1 N–H and O–H groups in total. The highest BCUT2D eigenvalue weighted by atomic mass is 16.4. The van der Waals surface area contributed by atoms with Crippen LogP contribution in [0.4, 0.5) is 0 Å². The number of nitrogens with one attached hydrogen (secondary N) is 1. The predicted molar refractivity (Wildman–Crippen MR) is 78.8 cm³/mol. The Morgan fingerprint density at radius 1 is 1.33 bits per heavy atom. The summed E-state index contributed by atoms with van der Waals surface area (Å²) in [5, 5.41) is 3.26. The fourth-order valence-corrected chi connectivity index (χ4v) is 3.05.